The number of rotatable bonds is 3. The van der Waals surface area contributed by atoms with Gasteiger partial charge in [0.25, 0.3) is 5.91 Å². The van der Waals surface area contributed by atoms with Crippen LogP contribution >= 0.6 is 11.8 Å². The lowest BCUT2D eigenvalue weighted by atomic mass is 9.92. The van der Waals surface area contributed by atoms with Crippen molar-refractivity contribution in [3.8, 4) is 0 Å². The molecule has 0 unspecified atom stereocenters. The van der Waals surface area contributed by atoms with E-state index in [2.05, 4.69) is 16.4 Å². The highest BCUT2D eigenvalue weighted by molar-refractivity contribution is 7.99. The number of benzene rings is 1. The van der Waals surface area contributed by atoms with Crippen LogP contribution in [0.3, 0.4) is 0 Å². The van der Waals surface area contributed by atoms with Gasteiger partial charge in [-0.15, -0.1) is 0 Å². The normalized spacial score (nSPS) is 17.1. The smallest absolute Gasteiger partial charge is 0.329 e. The highest BCUT2D eigenvalue weighted by Gasteiger charge is 2.41. The van der Waals surface area contributed by atoms with E-state index < -0.39 is 11.5 Å². The van der Waals surface area contributed by atoms with Gasteiger partial charge >= 0.3 is 5.97 Å². The number of hydrogen-bond donors (Lipinski definition) is 3. The van der Waals surface area contributed by atoms with Gasteiger partial charge in [0.2, 0.25) is 0 Å². The number of thioether (sulfide) groups is 1. The van der Waals surface area contributed by atoms with Crippen LogP contribution in [0.25, 0.3) is 10.9 Å². The lowest BCUT2D eigenvalue weighted by molar-refractivity contribution is -0.144. The number of carbonyl (C=O) groups excluding carboxylic acids is 1. The molecule has 1 aliphatic heterocycles. The van der Waals surface area contributed by atoms with Crippen LogP contribution in [-0.4, -0.2) is 39.0 Å². The molecule has 3 N–H and O–H groups in total. The van der Waals surface area contributed by atoms with E-state index in [9.17, 15) is 14.7 Å². The van der Waals surface area contributed by atoms with Gasteiger partial charge in [-0.25, -0.2) is 4.79 Å². The van der Waals surface area contributed by atoms with Gasteiger partial charge < -0.3 is 15.4 Å². The highest BCUT2D eigenvalue weighted by atomic mass is 32.2. The van der Waals surface area contributed by atoms with Crippen molar-refractivity contribution in [2.24, 2.45) is 0 Å². The highest BCUT2D eigenvalue weighted by Crippen LogP contribution is 2.28. The minimum atomic E-state index is -1.15. The second-order valence-electron chi connectivity index (χ2n) is 6.18. The molecule has 0 saturated carbocycles. The topological polar surface area (TPSA) is 82.2 Å². The molecule has 1 fully saturated rings. The van der Waals surface area contributed by atoms with Crippen molar-refractivity contribution >= 4 is 34.5 Å². The average Bonchev–Trinajstić information content (AvgIpc) is 2.92. The summed E-state index contributed by atoms with van der Waals surface area (Å²) in [7, 11) is 0. The van der Waals surface area contributed by atoms with E-state index in [1.54, 1.807) is 17.8 Å². The first-order valence-corrected chi connectivity index (χ1v) is 8.80. The molecular formula is C17H20N2O3S. The van der Waals surface area contributed by atoms with Gasteiger partial charge in [-0.1, -0.05) is 6.07 Å². The first-order valence-electron chi connectivity index (χ1n) is 7.65. The monoisotopic (exact) mass is 332 g/mol. The number of aromatic nitrogens is 1. The number of H-pyrrole nitrogens is 1. The van der Waals surface area contributed by atoms with Gasteiger partial charge in [0.1, 0.15) is 11.2 Å². The molecule has 2 heterocycles. The Morgan fingerprint density at radius 1 is 1.22 bits per heavy atom. The van der Waals surface area contributed by atoms with E-state index in [1.807, 2.05) is 19.9 Å². The van der Waals surface area contributed by atoms with Crippen molar-refractivity contribution < 1.29 is 14.7 Å². The molecule has 2 aromatic rings. The molecule has 0 spiro atoms. The lowest BCUT2D eigenvalue weighted by Crippen LogP contribution is -2.56. The van der Waals surface area contributed by atoms with Crippen molar-refractivity contribution in [2.45, 2.75) is 32.2 Å². The number of nitrogens with one attached hydrogen (secondary N) is 2. The second kappa shape index (κ2) is 5.92. The predicted octanol–water partition coefficient (Wildman–Crippen LogP) is 2.86. The Balaban J connectivity index is 1.91. The summed E-state index contributed by atoms with van der Waals surface area (Å²) in [5, 5.41) is 13.3. The van der Waals surface area contributed by atoms with Crippen molar-refractivity contribution in [2.75, 3.05) is 11.5 Å². The van der Waals surface area contributed by atoms with Crippen molar-refractivity contribution in [1.29, 1.82) is 0 Å². The number of amides is 1. The third-order valence-electron chi connectivity index (χ3n) is 4.44. The van der Waals surface area contributed by atoms with Crippen molar-refractivity contribution in [1.82, 2.24) is 10.3 Å². The van der Waals surface area contributed by atoms with Crippen molar-refractivity contribution in [3.63, 3.8) is 0 Å². The Hall–Kier alpha value is -1.95. The zero-order valence-corrected chi connectivity index (χ0v) is 14.0. The van der Waals surface area contributed by atoms with Gasteiger partial charge in [-0.05, 0) is 61.5 Å². The number of carboxylic acids is 1. The Bertz CT molecular complexity index is 775. The maximum absolute atomic E-state index is 12.6. The quantitative estimate of drug-likeness (QED) is 0.807. The Morgan fingerprint density at radius 3 is 2.57 bits per heavy atom. The molecule has 0 aliphatic carbocycles. The summed E-state index contributed by atoms with van der Waals surface area (Å²) < 4.78 is 0. The first kappa shape index (κ1) is 15.9. The molecule has 5 nitrogen and oxygen atoms in total. The number of carboxylic acid groups (broad SMARTS) is 1. The molecule has 3 rings (SSSR count). The van der Waals surface area contributed by atoms with E-state index in [0.29, 0.717) is 18.5 Å². The van der Waals surface area contributed by atoms with Crippen LogP contribution in [0.1, 0.15) is 34.5 Å². The minimum absolute atomic E-state index is 0.354. The van der Waals surface area contributed by atoms with Gasteiger partial charge in [0.15, 0.2) is 0 Å². The Labute approximate surface area is 138 Å². The van der Waals surface area contributed by atoms with Crippen LogP contribution in [0.5, 0.6) is 0 Å². The molecule has 0 bridgehead atoms. The molecule has 0 atom stereocenters. The molecule has 6 heteroatoms. The van der Waals surface area contributed by atoms with Crippen LogP contribution in [0.15, 0.2) is 18.2 Å². The largest absolute Gasteiger partial charge is 0.480 e. The van der Waals surface area contributed by atoms with E-state index in [4.69, 9.17) is 0 Å². The molecular weight excluding hydrogens is 312 g/mol. The average molecular weight is 332 g/mol. The molecule has 1 aliphatic rings. The van der Waals surface area contributed by atoms with Gasteiger partial charge in [-0.3, -0.25) is 4.79 Å². The summed E-state index contributed by atoms with van der Waals surface area (Å²) in [5.41, 5.74) is 2.38. The summed E-state index contributed by atoms with van der Waals surface area (Å²) >= 11 is 1.72. The molecule has 0 radical (unpaired) electrons. The number of aliphatic carboxylic acids is 1. The molecule has 1 aromatic carbocycles. The third kappa shape index (κ3) is 2.95. The predicted molar refractivity (Wildman–Crippen MR) is 92.2 cm³/mol. The zero-order valence-electron chi connectivity index (χ0n) is 13.2. The van der Waals surface area contributed by atoms with Crippen LogP contribution in [0.4, 0.5) is 0 Å². The van der Waals surface area contributed by atoms with E-state index in [0.717, 1.165) is 33.5 Å². The minimum Gasteiger partial charge on any atom is -0.480 e. The lowest BCUT2D eigenvalue weighted by Gasteiger charge is -2.33. The standard InChI is InChI=1S/C17H20N2O3S/c1-10-7-11(2)12-9-14(18-13(12)8-10)15(20)19-17(16(21)22)3-5-23-6-4-17/h7-9,18H,3-6H2,1-2H3,(H,19,20)(H,21,22). The van der Waals surface area contributed by atoms with Gasteiger partial charge in [0, 0.05) is 10.9 Å². The van der Waals surface area contributed by atoms with E-state index in [-0.39, 0.29) is 5.91 Å². The molecule has 1 saturated heterocycles. The maximum Gasteiger partial charge on any atom is 0.329 e. The van der Waals surface area contributed by atoms with Crippen LogP contribution in [-0.2, 0) is 4.79 Å². The summed E-state index contributed by atoms with van der Waals surface area (Å²) in [6.07, 6.45) is 0.911. The third-order valence-corrected chi connectivity index (χ3v) is 5.43. The van der Waals surface area contributed by atoms with Crippen LogP contribution in [0.2, 0.25) is 0 Å². The molecule has 1 aromatic heterocycles. The van der Waals surface area contributed by atoms with Crippen LogP contribution in [0, 0.1) is 13.8 Å². The van der Waals surface area contributed by atoms with Gasteiger partial charge in [-0.2, -0.15) is 11.8 Å². The van der Waals surface area contributed by atoms with Crippen LogP contribution < -0.4 is 5.32 Å². The Kier molecular flexibility index (Phi) is 4.10. The second-order valence-corrected chi connectivity index (χ2v) is 7.40. The summed E-state index contributed by atoms with van der Waals surface area (Å²) in [4.78, 5) is 27.4. The number of aryl methyl sites for hydroxylation is 2. The van der Waals surface area contributed by atoms with E-state index in [1.165, 1.54) is 0 Å². The fourth-order valence-corrected chi connectivity index (χ4v) is 4.31. The molecule has 122 valence electrons. The first-order chi connectivity index (χ1) is 10.9. The van der Waals surface area contributed by atoms with Crippen molar-refractivity contribution in [3.05, 3.63) is 35.0 Å². The zero-order chi connectivity index (χ0) is 16.6. The fourth-order valence-electron chi connectivity index (χ4n) is 3.12. The maximum atomic E-state index is 12.6. The number of aromatic amines is 1. The van der Waals surface area contributed by atoms with E-state index >= 15 is 0 Å². The molecule has 1 amide bonds. The summed E-state index contributed by atoms with van der Waals surface area (Å²) in [6.45, 7) is 4.01. The summed E-state index contributed by atoms with van der Waals surface area (Å²) in [5.74, 6) is 0.191. The number of fused-ring (bicyclic) bond motifs is 1. The fraction of sp³-hybridized carbons (Fsp3) is 0.412. The SMILES string of the molecule is Cc1cc(C)c2cc(C(=O)NC3(C(=O)O)CCSCC3)[nH]c2c1. The number of carbonyl (C=O) groups is 2. The Morgan fingerprint density at radius 2 is 1.91 bits per heavy atom. The summed E-state index contributed by atoms with van der Waals surface area (Å²) in [6, 6.07) is 5.85. The van der Waals surface area contributed by atoms with Gasteiger partial charge in [0.05, 0.1) is 0 Å². The number of hydrogen-bond acceptors (Lipinski definition) is 3. The molecule has 23 heavy (non-hydrogen) atoms.